The van der Waals surface area contributed by atoms with E-state index in [-0.39, 0.29) is 8.85 Å². The van der Waals surface area contributed by atoms with E-state index in [0.717, 1.165) is 17.0 Å². The summed E-state index contributed by atoms with van der Waals surface area (Å²) in [6.07, 6.45) is 4.98. The molecule has 0 aromatic heterocycles. The van der Waals surface area contributed by atoms with E-state index in [1.54, 1.807) is 12.1 Å². The van der Waals surface area contributed by atoms with Gasteiger partial charge in [-0.05, 0) is 48.3 Å². The minimum absolute atomic E-state index is 0. The summed E-state index contributed by atoms with van der Waals surface area (Å²) in [7, 11) is 0. The molecule has 0 N–H and O–H groups in total. The molecule has 0 unspecified atom stereocenters. The zero-order valence-electron chi connectivity index (χ0n) is 16.5. The molecule has 0 aliphatic heterocycles. The molecule has 0 radical (unpaired) electrons. The Bertz CT molecular complexity index is 953. The minimum atomic E-state index is -0.785. The van der Waals surface area contributed by atoms with E-state index in [0.29, 0.717) is 22.6 Å². The van der Waals surface area contributed by atoms with Crippen LogP contribution in [0.3, 0.4) is 0 Å². The first-order chi connectivity index (χ1) is 13.5. The van der Waals surface area contributed by atoms with Crippen molar-refractivity contribution in [2.24, 2.45) is 5.92 Å². The Labute approximate surface area is 175 Å². The van der Waals surface area contributed by atoms with Gasteiger partial charge in [-0.15, -0.1) is 0 Å². The average molecular weight is 395 g/mol. The monoisotopic (exact) mass is 394 g/mol. The van der Waals surface area contributed by atoms with Crippen molar-refractivity contribution in [1.82, 2.24) is 0 Å². The minimum Gasteiger partial charge on any atom is -0.203 e. The van der Waals surface area contributed by atoms with Gasteiger partial charge in [0.2, 0.25) is 0 Å². The topological polar surface area (TPSA) is 0 Å². The zero-order valence-corrected chi connectivity index (χ0v) is 16.5. The Kier molecular flexibility index (Phi) is 6.52. The molecule has 0 atom stereocenters. The summed E-state index contributed by atoms with van der Waals surface area (Å²) in [5.41, 5.74) is 4.43. The highest BCUT2D eigenvalue weighted by atomic mass is 19.2. The van der Waals surface area contributed by atoms with Gasteiger partial charge in [-0.2, -0.15) is 0 Å². The lowest BCUT2D eigenvalue weighted by atomic mass is 9.79. The van der Waals surface area contributed by atoms with E-state index in [1.807, 2.05) is 43.3 Å². The van der Waals surface area contributed by atoms with Crippen LogP contribution in [0, 0.1) is 24.5 Å². The summed E-state index contributed by atoms with van der Waals surface area (Å²) in [5.74, 6) is -0.153. The molecular weight excluding hydrogens is 362 g/mol. The Morgan fingerprint density at radius 2 is 1.14 bits per heavy atom. The summed E-state index contributed by atoms with van der Waals surface area (Å²) < 4.78 is 29.6. The summed E-state index contributed by atoms with van der Waals surface area (Å²) in [5, 5.41) is 0. The molecule has 2 heteroatoms. The fourth-order valence-electron chi connectivity index (χ4n) is 4.26. The molecule has 1 aliphatic carbocycles. The predicted molar refractivity (Wildman–Crippen MR) is 121 cm³/mol. The first-order valence-electron chi connectivity index (χ1n) is 10.2. The second kappa shape index (κ2) is 8.90. The predicted octanol–water partition coefficient (Wildman–Crippen LogP) is 8.78. The van der Waals surface area contributed by atoms with Crippen molar-refractivity contribution in [3.8, 4) is 22.3 Å². The van der Waals surface area contributed by atoms with Crippen molar-refractivity contribution >= 4 is 0 Å². The fourth-order valence-corrected chi connectivity index (χ4v) is 4.26. The van der Waals surface area contributed by atoms with Crippen molar-refractivity contribution in [2.75, 3.05) is 0 Å². The van der Waals surface area contributed by atoms with E-state index in [9.17, 15) is 8.78 Å². The van der Waals surface area contributed by atoms with Crippen molar-refractivity contribution < 1.29 is 10.2 Å². The third-order valence-corrected chi connectivity index (χ3v) is 6.15. The largest absolute Gasteiger partial charge is 0.203 e. The van der Waals surface area contributed by atoms with Crippen LogP contribution in [-0.4, -0.2) is 0 Å². The van der Waals surface area contributed by atoms with Gasteiger partial charge in [-0.3, -0.25) is 0 Å². The molecule has 4 rings (SSSR count). The summed E-state index contributed by atoms with van der Waals surface area (Å²) in [6, 6.07) is 18.9. The van der Waals surface area contributed by atoms with Crippen LogP contribution in [0.1, 0.15) is 58.5 Å². The van der Waals surface area contributed by atoms with Gasteiger partial charge in [-0.1, -0.05) is 93.4 Å². The lowest BCUT2D eigenvalue weighted by Crippen LogP contribution is -2.10. The molecular formula is C27H32F2. The fraction of sp³-hybridized carbons (Fsp3) is 0.333. The van der Waals surface area contributed by atoms with E-state index in [4.69, 9.17) is 0 Å². The van der Waals surface area contributed by atoms with Gasteiger partial charge in [0, 0.05) is 12.6 Å². The number of halogens is 2. The molecule has 0 spiro atoms. The molecule has 0 heterocycles. The van der Waals surface area contributed by atoms with Crippen molar-refractivity contribution in [1.29, 1.82) is 0 Å². The number of hydrogen-bond acceptors (Lipinski definition) is 0. The Hall–Kier alpha value is -2.48. The Morgan fingerprint density at radius 1 is 0.690 bits per heavy atom. The van der Waals surface area contributed by atoms with Gasteiger partial charge >= 0.3 is 0 Å². The number of hydrogen-bond donors (Lipinski definition) is 0. The van der Waals surface area contributed by atoms with Crippen LogP contribution in [0.25, 0.3) is 22.3 Å². The van der Waals surface area contributed by atoms with Crippen LogP contribution < -0.4 is 0 Å². The van der Waals surface area contributed by atoms with E-state index in [1.165, 1.54) is 31.2 Å². The van der Waals surface area contributed by atoms with Gasteiger partial charge in [0.1, 0.15) is 0 Å². The lowest BCUT2D eigenvalue weighted by Gasteiger charge is -2.26. The number of rotatable bonds is 3. The number of aryl methyl sites for hydroxylation is 1. The highest BCUT2D eigenvalue weighted by Gasteiger charge is 2.20. The van der Waals surface area contributed by atoms with Crippen molar-refractivity contribution in [3.05, 3.63) is 83.4 Å². The molecule has 1 saturated carbocycles. The van der Waals surface area contributed by atoms with Crippen LogP contribution in [0.15, 0.2) is 60.7 Å². The zero-order chi connectivity index (χ0) is 19.7. The van der Waals surface area contributed by atoms with Crippen LogP contribution in [0.5, 0.6) is 0 Å². The Morgan fingerprint density at radius 3 is 1.62 bits per heavy atom. The second-order valence-corrected chi connectivity index (χ2v) is 8.23. The van der Waals surface area contributed by atoms with E-state index in [2.05, 4.69) is 19.1 Å². The Balaban J connectivity index is 0.00000160. The maximum Gasteiger partial charge on any atom is 0.167 e. The molecule has 0 amide bonds. The molecule has 0 nitrogen and oxygen atoms in total. The second-order valence-electron chi connectivity index (χ2n) is 8.23. The lowest BCUT2D eigenvalue weighted by molar-refractivity contribution is 0.348. The van der Waals surface area contributed by atoms with Crippen LogP contribution in [0.4, 0.5) is 8.78 Å². The smallest absolute Gasteiger partial charge is 0.167 e. The standard InChI is InChI=1S/C26H26F2.CH4.H2/c1-17-3-7-19(8-4-17)20-11-13-22(14-12-20)24-16-15-23(25(27)26(24)28)21-9-5-18(2)6-10-21;;/h5-6,9-17,19H,3-4,7-8H2,1-2H3;1H4;1H. The molecule has 3 aromatic rings. The highest BCUT2D eigenvalue weighted by Crippen LogP contribution is 2.37. The molecule has 0 saturated heterocycles. The van der Waals surface area contributed by atoms with Gasteiger partial charge in [-0.25, -0.2) is 8.78 Å². The van der Waals surface area contributed by atoms with Gasteiger partial charge in [0.15, 0.2) is 11.6 Å². The third kappa shape index (κ3) is 4.42. The van der Waals surface area contributed by atoms with Crippen LogP contribution >= 0.6 is 0 Å². The molecule has 29 heavy (non-hydrogen) atoms. The average Bonchev–Trinajstić information content (AvgIpc) is 2.72. The van der Waals surface area contributed by atoms with Crippen molar-refractivity contribution in [3.63, 3.8) is 0 Å². The van der Waals surface area contributed by atoms with E-state index < -0.39 is 11.6 Å². The molecule has 1 fully saturated rings. The summed E-state index contributed by atoms with van der Waals surface area (Å²) in [4.78, 5) is 0. The van der Waals surface area contributed by atoms with Crippen LogP contribution in [0.2, 0.25) is 0 Å². The van der Waals surface area contributed by atoms with Gasteiger partial charge < -0.3 is 0 Å². The normalized spacial score (nSPS) is 18.9. The number of benzene rings is 3. The highest BCUT2D eigenvalue weighted by molar-refractivity contribution is 5.72. The SMILES string of the molecule is C.Cc1ccc(-c2ccc(-c3ccc(C4CCC(C)CC4)cc3)c(F)c2F)cc1.[HH]. The molecule has 0 bridgehead atoms. The van der Waals surface area contributed by atoms with Crippen molar-refractivity contribution in [2.45, 2.75) is 52.9 Å². The van der Waals surface area contributed by atoms with E-state index >= 15 is 0 Å². The quantitative estimate of drug-likeness (QED) is 0.416. The van der Waals surface area contributed by atoms with Gasteiger partial charge in [0.25, 0.3) is 0 Å². The molecule has 3 aromatic carbocycles. The van der Waals surface area contributed by atoms with Gasteiger partial charge in [0.05, 0.1) is 0 Å². The first-order valence-corrected chi connectivity index (χ1v) is 10.2. The molecule has 1 aliphatic rings. The first kappa shape index (κ1) is 21.2. The summed E-state index contributed by atoms with van der Waals surface area (Å²) >= 11 is 0. The molecule has 154 valence electrons. The van der Waals surface area contributed by atoms with Crippen LogP contribution in [-0.2, 0) is 0 Å². The maximum atomic E-state index is 14.8. The summed E-state index contributed by atoms with van der Waals surface area (Å²) in [6.45, 7) is 4.29. The maximum absolute atomic E-state index is 14.8. The third-order valence-electron chi connectivity index (χ3n) is 6.15.